The lowest BCUT2D eigenvalue weighted by atomic mass is 10.0. The van der Waals surface area contributed by atoms with Crippen LogP contribution < -0.4 is 5.32 Å². The highest BCUT2D eigenvalue weighted by Gasteiger charge is 2.11. The molecule has 0 spiro atoms. The van der Waals surface area contributed by atoms with Crippen LogP contribution >= 0.6 is 0 Å². The lowest BCUT2D eigenvalue weighted by molar-refractivity contribution is 0.400. The number of hydrogen-bond donors (Lipinski definition) is 3. The Morgan fingerprint density at radius 3 is 2.14 bits per heavy atom. The van der Waals surface area contributed by atoms with Gasteiger partial charge in [-0.1, -0.05) is 64.9 Å². The van der Waals surface area contributed by atoms with Crippen LogP contribution in [0.15, 0.2) is 12.1 Å². The summed E-state index contributed by atoms with van der Waals surface area (Å²) in [5.74, 6) is 0.0454. The fourth-order valence-corrected chi connectivity index (χ4v) is 2.66. The number of phenolic OH excluding ortho intramolecular Hbond substituents is 2. The molecule has 0 saturated heterocycles. The number of unbranched alkanes of at least 4 members (excludes halogenated alkanes) is 7. The number of anilines is 1. The number of aryl methyl sites for hydroxylation is 1. The molecule has 126 valence electrons. The van der Waals surface area contributed by atoms with Crippen molar-refractivity contribution < 1.29 is 10.2 Å². The molecule has 3 N–H and O–H groups in total. The van der Waals surface area contributed by atoms with Crippen LogP contribution in [0.25, 0.3) is 0 Å². The van der Waals surface area contributed by atoms with E-state index < -0.39 is 0 Å². The first-order valence-electron chi connectivity index (χ1n) is 8.98. The third-order valence-electron chi connectivity index (χ3n) is 4.13. The first-order chi connectivity index (χ1) is 10.7. The van der Waals surface area contributed by atoms with Gasteiger partial charge >= 0.3 is 0 Å². The second-order valence-corrected chi connectivity index (χ2v) is 6.12. The average Bonchev–Trinajstić information content (AvgIpc) is 2.52. The van der Waals surface area contributed by atoms with Gasteiger partial charge in [-0.05, 0) is 30.9 Å². The highest BCUT2D eigenvalue weighted by atomic mass is 16.3. The van der Waals surface area contributed by atoms with Gasteiger partial charge in [-0.2, -0.15) is 0 Å². The van der Waals surface area contributed by atoms with Crippen molar-refractivity contribution in [2.24, 2.45) is 0 Å². The summed E-state index contributed by atoms with van der Waals surface area (Å²) in [5.41, 5.74) is 1.49. The molecule has 0 aromatic heterocycles. The maximum Gasteiger partial charge on any atom is 0.181 e. The second-order valence-electron chi connectivity index (χ2n) is 6.12. The van der Waals surface area contributed by atoms with Crippen LogP contribution in [0.5, 0.6) is 11.5 Å². The maximum atomic E-state index is 10.1. The van der Waals surface area contributed by atoms with Gasteiger partial charge in [0, 0.05) is 6.54 Å². The molecule has 1 aromatic carbocycles. The fraction of sp³-hybridized carbons (Fsp3) is 0.684. The SMILES string of the molecule is CCCCCCCCNc1ccc(CCCCC)c(O)c1O. The lowest BCUT2D eigenvalue weighted by Gasteiger charge is -2.12. The minimum absolute atomic E-state index is 0.0000172. The van der Waals surface area contributed by atoms with Gasteiger partial charge < -0.3 is 15.5 Å². The van der Waals surface area contributed by atoms with E-state index >= 15 is 0 Å². The molecular formula is C19H33NO2. The third-order valence-corrected chi connectivity index (χ3v) is 4.13. The maximum absolute atomic E-state index is 10.1. The lowest BCUT2D eigenvalue weighted by Crippen LogP contribution is -2.02. The quantitative estimate of drug-likeness (QED) is 0.348. The number of nitrogens with one attached hydrogen (secondary N) is 1. The van der Waals surface area contributed by atoms with E-state index in [9.17, 15) is 10.2 Å². The molecule has 0 aliphatic heterocycles. The monoisotopic (exact) mass is 307 g/mol. The molecule has 0 radical (unpaired) electrons. The van der Waals surface area contributed by atoms with Crippen molar-refractivity contribution in [1.29, 1.82) is 0 Å². The standard InChI is InChI=1S/C19H33NO2/c1-3-5-7-8-9-11-15-20-17-14-13-16(12-10-6-4-2)18(21)19(17)22/h13-14,20-22H,3-12,15H2,1-2H3. The Morgan fingerprint density at radius 1 is 0.773 bits per heavy atom. The first-order valence-corrected chi connectivity index (χ1v) is 8.98. The van der Waals surface area contributed by atoms with E-state index in [0.29, 0.717) is 5.69 Å². The molecule has 0 atom stereocenters. The molecule has 0 aliphatic rings. The van der Waals surface area contributed by atoms with E-state index in [1.165, 1.54) is 32.1 Å². The minimum Gasteiger partial charge on any atom is -0.504 e. The van der Waals surface area contributed by atoms with Crippen LogP contribution in [0.1, 0.15) is 77.2 Å². The van der Waals surface area contributed by atoms with Gasteiger partial charge in [0.25, 0.3) is 0 Å². The number of aromatic hydroxyl groups is 2. The summed E-state index contributed by atoms with van der Waals surface area (Å²) in [6, 6.07) is 3.81. The molecule has 1 rings (SSSR count). The third kappa shape index (κ3) is 6.59. The Balaban J connectivity index is 2.36. The largest absolute Gasteiger partial charge is 0.504 e. The predicted octanol–water partition coefficient (Wildman–Crippen LogP) is 5.60. The van der Waals surface area contributed by atoms with E-state index in [0.717, 1.165) is 44.2 Å². The summed E-state index contributed by atoms with van der Waals surface area (Å²) >= 11 is 0. The van der Waals surface area contributed by atoms with Crippen LogP contribution in [0.3, 0.4) is 0 Å². The highest BCUT2D eigenvalue weighted by Crippen LogP contribution is 2.37. The highest BCUT2D eigenvalue weighted by molar-refractivity contribution is 5.64. The molecule has 0 saturated carbocycles. The predicted molar refractivity (Wildman–Crippen MR) is 94.9 cm³/mol. The topological polar surface area (TPSA) is 52.5 Å². The van der Waals surface area contributed by atoms with Crippen LogP contribution in [0.2, 0.25) is 0 Å². The summed E-state index contributed by atoms with van der Waals surface area (Å²) < 4.78 is 0. The summed E-state index contributed by atoms with van der Waals surface area (Å²) in [6.07, 6.45) is 11.7. The number of rotatable bonds is 12. The van der Waals surface area contributed by atoms with Gasteiger partial charge in [0.15, 0.2) is 11.5 Å². The summed E-state index contributed by atoms with van der Waals surface area (Å²) in [5, 5.41) is 23.4. The van der Waals surface area contributed by atoms with Crippen molar-refractivity contribution in [3.05, 3.63) is 17.7 Å². The van der Waals surface area contributed by atoms with Gasteiger partial charge in [0.1, 0.15) is 0 Å². The average molecular weight is 307 g/mol. The molecule has 0 unspecified atom stereocenters. The zero-order valence-corrected chi connectivity index (χ0v) is 14.3. The summed E-state index contributed by atoms with van der Waals surface area (Å²) in [4.78, 5) is 0. The molecule has 1 aromatic rings. The Labute approximate surface area is 135 Å². The van der Waals surface area contributed by atoms with Gasteiger partial charge in [-0.3, -0.25) is 0 Å². The van der Waals surface area contributed by atoms with Gasteiger partial charge in [0.05, 0.1) is 5.69 Å². The molecule has 3 nitrogen and oxygen atoms in total. The first kappa shape index (κ1) is 18.7. The van der Waals surface area contributed by atoms with Crippen LogP contribution in [0.4, 0.5) is 5.69 Å². The van der Waals surface area contributed by atoms with Crippen LogP contribution in [0, 0.1) is 0 Å². The smallest absolute Gasteiger partial charge is 0.181 e. The fourth-order valence-electron chi connectivity index (χ4n) is 2.66. The van der Waals surface area contributed by atoms with E-state index in [1.807, 2.05) is 12.1 Å². The summed E-state index contributed by atoms with van der Waals surface area (Å²) in [6.45, 7) is 5.23. The minimum atomic E-state index is -0.0000172. The Kier molecular flexibility index (Phi) is 9.52. The van der Waals surface area contributed by atoms with Crippen molar-refractivity contribution in [3.63, 3.8) is 0 Å². The zero-order valence-electron chi connectivity index (χ0n) is 14.3. The van der Waals surface area contributed by atoms with Crippen molar-refractivity contribution >= 4 is 5.69 Å². The molecule has 0 bridgehead atoms. The van der Waals surface area contributed by atoms with Crippen LogP contribution in [-0.2, 0) is 6.42 Å². The molecular weight excluding hydrogens is 274 g/mol. The van der Waals surface area contributed by atoms with Crippen molar-refractivity contribution in [2.45, 2.75) is 78.1 Å². The van der Waals surface area contributed by atoms with Gasteiger partial charge in [-0.25, -0.2) is 0 Å². The molecule has 0 amide bonds. The molecule has 22 heavy (non-hydrogen) atoms. The Morgan fingerprint density at radius 2 is 1.41 bits per heavy atom. The molecule has 3 heteroatoms. The molecule has 0 fully saturated rings. The van der Waals surface area contributed by atoms with Crippen molar-refractivity contribution in [2.75, 3.05) is 11.9 Å². The van der Waals surface area contributed by atoms with Crippen molar-refractivity contribution in [3.8, 4) is 11.5 Å². The van der Waals surface area contributed by atoms with E-state index in [1.54, 1.807) is 0 Å². The van der Waals surface area contributed by atoms with E-state index in [-0.39, 0.29) is 11.5 Å². The van der Waals surface area contributed by atoms with E-state index in [2.05, 4.69) is 19.2 Å². The van der Waals surface area contributed by atoms with Crippen LogP contribution in [-0.4, -0.2) is 16.8 Å². The van der Waals surface area contributed by atoms with Gasteiger partial charge in [-0.15, -0.1) is 0 Å². The van der Waals surface area contributed by atoms with Crippen molar-refractivity contribution in [1.82, 2.24) is 0 Å². The van der Waals surface area contributed by atoms with E-state index in [4.69, 9.17) is 0 Å². The molecule has 0 heterocycles. The number of hydrogen-bond acceptors (Lipinski definition) is 3. The summed E-state index contributed by atoms with van der Waals surface area (Å²) in [7, 11) is 0. The Hall–Kier alpha value is -1.38. The number of benzene rings is 1. The zero-order chi connectivity index (χ0) is 16.2. The normalized spacial score (nSPS) is 10.8. The molecule has 0 aliphatic carbocycles. The Bertz CT molecular complexity index is 418. The van der Waals surface area contributed by atoms with Gasteiger partial charge in [0.2, 0.25) is 0 Å². The second kappa shape index (κ2) is 11.2. The number of phenols is 2.